The zero-order valence-corrected chi connectivity index (χ0v) is 15.4. The topological polar surface area (TPSA) is 66.9 Å². The maximum absolute atomic E-state index is 12.3. The van der Waals surface area contributed by atoms with Gasteiger partial charge in [-0.05, 0) is 43.7 Å². The van der Waals surface area contributed by atoms with Gasteiger partial charge in [0.1, 0.15) is 17.8 Å². The predicted octanol–water partition coefficient (Wildman–Crippen LogP) is 4.36. The summed E-state index contributed by atoms with van der Waals surface area (Å²) in [7, 11) is 0. The average molecular weight is 371 g/mol. The molecule has 6 heteroatoms. The van der Waals surface area contributed by atoms with E-state index in [2.05, 4.69) is 26.7 Å². The highest BCUT2D eigenvalue weighted by Gasteiger charge is 2.10. The third kappa shape index (κ3) is 5.30. The summed E-state index contributed by atoms with van der Waals surface area (Å²) < 4.78 is 0. The molecule has 0 radical (unpaired) electrons. The number of anilines is 1. The van der Waals surface area contributed by atoms with E-state index >= 15 is 0 Å². The Morgan fingerprint density at radius 1 is 1.19 bits per heavy atom. The number of hydrogen-bond donors (Lipinski definition) is 2. The molecule has 0 spiro atoms. The molecule has 1 amide bonds. The first-order chi connectivity index (χ1) is 12.7. The second kappa shape index (κ2) is 9.34. The SMILES string of the molecule is O=C(NCc1ccccc1Cl)c1cc(NCCC2=CCCCC2)ncn1. The minimum Gasteiger partial charge on any atom is -0.370 e. The lowest BCUT2D eigenvalue weighted by Gasteiger charge is -2.13. The number of nitrogens with one attached hydrogen (secondary N) is 2. The number of rotatable bonds is 7. The van der Waals surface area contributed by atoms with Gasteiger partial charge in [-0.1, -0.05) is 41.4 Å². The number of aromatic nitrogens is 2. The van der Waals surface area contributed by atoms with Crippen molar-refractivity contribution in [3.8, 4) is 0 Å². The van der Waals surface area contributed by atoms with Gasteiger partial charge in [-0.3, -0.25) is 4.79 Å². The van der Waals surface area contributed by atoms with Crippen molar-refractivity contribution in [1.82, 2.24) is 15.3 Å². The van der Waals surface area contributed by atoms with Crippen LogP contribution in [-0.4, -0.2) is 22.4 Å². The molecule has 0 unspecified atom stereocenters. The van der Waals surface area contributed by atoms with Gasteiger partial charge in [-0.2, -0.15) is 0 Å². The quantitative estimate of drug-likeness (QED) is 0.710. The van der Waals surface area contributed by atoms with Gasteiger partial charge >= 0.3 is 0 Å². The molecule has 0 aliphatic heterocycles. The lowest BCUT2D eigenvalue weighted by Crippen LogP contribution is -2.24. The number of amides is 1. The van der Waals surface area contributed by atoms with Gasteiger partial charge in [0.05, 0.1) is 0 Å². The molecule has 1 heterocycles. The highest BCUT2D eigenvalue weighted by molar-refractivity contribution is 6.31. The van der Waals surface area contributed by atoms with Crippen molar-refractivity contribution in [1.29, 1.82) is 0 Å². The molecule has 3 rings (SSSR count). The zero-order valence-electron chi connectivity index (χ0n) is 14.7. The number of carbonyl (C=O) groups is 1. The van der Waals surface area contributed by atoms with Crippen molar-refractivity contribution in [2.24, 2.45) is 0 Å². The Morgan fingerprint density at radius 2 is 2.08 bits per heavy atom. The predicted molar refractivity (Wildman–Crippen MR) is 104 cm³/mol. The van der Waals surface area contributed by atoms with Crippen LogP contribution in [0, 0.1) is 0 Å². The average Bonchev–Trinajstić information content (AvgIpc) is 2.68. The molecule has 0 atom stereocenters. The van der Waals surface area contributed by atoms with Gasteiger partial charge in [0, 0.05) is 24.2 Å². The molecule has 1 aromatic heterocycles. The molecule has 0 fully saturated rings. The van der Waals surface area contributed by atoms with Crippen molar-refractivity contribution in [3.63, 3.8) is 0 Å². The second-order valence-corrected chi connectivity index (χ2v) is 6.75. The van der Waals surface area contributed by atoms with Crippen LogP contribution < -0.4 is 10.6 Å². The first kappa shape index (κ1) is 18.4. The maximum atomic E-state index is 12.3. The van der Waals surface area contributed by atoms with Crippen LogP contribution in [0.4, 0.5) is 5.82 Å². The van der Waals surface area contributed by atoms with E-state index in [9.17, 15) is 4.79 Å². The lowest BCUT2D eigenvalue weighted by atomic mass is 9.97. The first-order valence-corrected chi connectivity index (χ1v) is 9.35. The summed E-state index contributed by atoms with van der Waals surface area (Å²) in [6.45, 7) is 1.17. The summed E-state index contributed by atoms with van der Waals surface area (Å²) in [4.78, 5) is 20.6. The molecule has 0 saturated heterocycles. The standard InChI is InChI=1S/C20H23ClN4O/c21-17-9-5-4-8-16(17)13-23-20(26)18-12-19(25-14-24-18)22-11-10-15-6-2-1-3-7-15/h4-6,8-9,12,14H,1-3,7,10-11,13H2,(H,23,26)(H,22,24,25). The highest BCUT2D eigenvalue weighted by Crippen LogP contribution is 2.20. The van der Waals surface area contributed by atoms with Gasteiger partial charge in [-0.15, -0.1) is 0 Å². The first-order valence-electron chi connectivity index (χ1n) is 8.98. The summed E-state index contributed by atoms with van der Waals surface area (Å²) in [5.74, 6) is 0.421. The molecule has 1 aliphatic rings. The molecule has 0 saturated carbocycles. The Labute approximate surface area is 158 Å². The van der Waals surface area contributed by atoms with Crippen molar-refractivity contribution < 1.29 is 4.79 Å². The summed E-state index contributed by atoms with van der Waals surface area (Å²) in [5, 5.41) is 6.75. The fraction of sp³-hybridized carbons (Fsp3) is 0.350. The van der Waals surface area contributed by atoms with Crippen LogP contribution in [0.3, 0.4) is 0 Å². The summed E-state index contributed by atoms with van der Waals surface area (Å²) in [5.41, 5.74) is 2.72. The molecular weight excluding hydrogens is 348 g/mol. The van der Waals surface area contributed by atoms with Crippen LogP contribution in [0.1, 0.15) is 48.2 Å². The lowest BCUT2D eigenvalue weighted by molar-refractivity contribution is 0.0946. The van der Waals surface area contributed by atoms with Crippen molar-refractivity contribution in [2.45, 2.75) is 38.6 Å². The van der Waals surface area contributed by atoms with E-state index < -0.39 is 0 Å². The van der Waals surface area contributed by atoms with Crippen LogP contribution in [0.5, 0.6) is 0 Å². The van der Waals surface area contributed by atoms with Gasteiger partial charge in [0.2, 0.25) is 0 Å². The third-order valence-corrected chi connectivity index (χ3v) is 4.80. The molecule has 5 nitrogen and oxygen atoms in total. The van der Waals surface area contributed by atoms with Crippen molar-refractivity contribution in [2.75, 3.05) is 11.9 Å². The van der Waals surface area contributed by atoms with E-state index in [-0.39, 0.29) is 5.91 Å². The van der Waals surface area contributed by atoms with Crippen LogP contribution in [0.15, 0.2) is 48.3 Å². The molecule has 1 aromatic carbocycles. The van der Waals surface area contributed by atoms with Gasteiger partial charge < -0.3 is 10.6 Å². The number of carbonyl (C=O) groups excluding carboxylic acids is 1. The fourth-order valence-corrected chi connectivity index (χ4v) is 3.17. The van der Waals surface area contributed by atoms with E-state index in [1.165, 1.54) is 37.6 Å². The van der Waals surface area contributed by atoms with Crippen LogP contribution in [0.25, 0.3) is 0 Å². The molecule has 136 valence electrons. The van der Waals surface area contributed by atoms with Crippen LogP contribution in [0.2, 0.25) is 5.02 Å². The monoisotopic (exact) mass is 370 g/mol. The molecular formula is C20H23ClN4O. The largest absolute Gasteiger partial charge is 0.370 e. The Morgan fingerprint density at radius 3 is 2.88 bits per heavy atom. The van der Waals surface area contributed by atoms with Gasteiger partial charge in [-0.25, -0.2) is 9.97 Å². The fourth-order valence-electron chi connectivity index (χ4n) is 2.97. The summed E-state index contributed by atoms with van der Waals surface area (Å²) in [6, 6.07) is 9.12. The molecule has 26 heavy (non-hydrogen) atoms. The van der Waals surface area contributed by atoms with Crippen LogP contribution >= 0.6 is 11.6 Å². The maximum Gasteiger partial charge on any atom is 0.270 e. The van der Waals surface area contributed by atoms with E-state index in [0.717, 1.165) is 18.5 Å². The smallest absolute Gasteiger partial charge is 0.270 e. The number of benzene rings is 1. The highest BCUT2D eigenvalue weighted by atomic mass is 35.5. The van der Waals surface area contributed by atoms with Crippen molar-refractivity contribution >= 4 is 23.3 Å². The number of allylic oxidation sites excluding steroid dienone is 1. The molecule has 1 aliphatic carbocycles. The normalized spacial score (nSPS) is 13.8. The minimum atomic E-state index is -0.245. The zero-order chi connectivity index (χ0) is 18.2. The van der Waals surface area contributed by atoms with E-state index in [1.807, 2.05) is 18.2 Å². The number of halogens is 1. The molecule has 0 bridgehead atoms. The summed E-state index contributed by atoms with van der Waals surface area (Å²) >= 11 is 6.11. The molecule has 2 N–H and O–H groups in total. The Bertz CT molecular complexity index is 791. The van der Waals surface area contributed by atoms with E-state index in [1.54, 1.807) is 12.1 Å². The number of nitrogens with zero attached hydrogens (tertiary/aromatic N) is 2. The van der Waals surface area contributed by atoms with Crippen molar-refractivity contribution in [3.05, 3.63) is 64.6 Å². The van der Waals surface area contributed by atoms with E-state index in [4.69, 9.17) is 11.6 Å². The summed E-state index contributed by atoms with van der Waals surface area (Å²) in [6.07, 6.45) is 9.74. The van der Waals surface area contributed by atoms with Crippen LogP contribution in [-0.2, 0) is 6.54 Å². The third-order valence-electron chi connectivity index (χ3n) is 4.43. The molecule has 2 aromatic rings. The minimum absolute atomic E-state index is 0.245. The Kier molecular flexibility index (Phi) is 6.61. The Hall–Kier alpha value is -2.40. The number of hydrogen-bond acceptors (Lipinski definition) is 4. The van der Waals surface area contributed by atoms with Gasteiger partial charge in [0.15, 0.2) is 0 Å². The Balaban J connectivity index is 1.52. The van der Waals surface area contributed by atoms with Gasteiger partial charge in [0.25, 0.3) is 5.91 Å². The second-order valence-electron chi connectivity index (χ2n) is 6.35. The van der Waals surface area contributed by atoms with E-state index in [0.29, 0.717) is 23.1 Å².